The molecule has 0 atom stereocenters. The largest absolute Gasteiger partial charge is 0.493 e. The van der Waals surface area contributed by atoms with Crippen LogP contribution >= 0.6 is 0 Å². The molecule has 0 radical (unpaired) electrons. The maximum absolute atomic E-state index is 10.4. The van der Waals surface area contributed by atoms with Crippen LogP contribution in [0.3, 0.4) is 0 Å². The Morgan fingerprint density at radius 3 is 2.86 bits per heavy atom. The minimum absolute atomic E-state index is 0.339. The molecule has 0 saturated carbocycles. The van der Waals surface area contributed by atoms with Gasteiger partial charge in [0.15, 0.2) is 17.8 Å². The average Bonchev–Trinajstić information content (AvgIpc) is 2.26. The highest BCUT2D eigenvalue weighted by molar-refractivity contribution is 5.73. The van der Waals surface area contributed by atoms with Gasteiger partial charge in [0.2, 0.25) is 0 Å². The molecule has 0 aliphatic carbocycles. The van der Waals surface area contributed by atoms with Crippen LogP contribution in [0.15, 0.2) is 12.3 Å². The smallest absolute Gasteiger partial charge is 0.179 e. The van der Waals surface area contributed by atoms with Gasteiger partial charge in [0.25, 0.3) is 0 Å². The zero-order valence-corrected chi connectivity index (χ0v) is 8.32. The lowest BCUT2D eigenvalue weighted by Crippen LogP contribution is -1.99. The second kappa shape index (κ2) is 5.21. The van der Waals surface area contributed by atoms with Crippen molar-refractivity contribution in [3.05, 3.63) is 18.0 Å². The second-order valence-corrected chi connectivity index (χ2v) is 2.73. The van der Waals surface area contributed by atoms with E-state index in [2.05, 4.69) is 4.98 Å². The summed E-state index contributed by atoms with van der Waals surface area (Å²) in [5.41, 5.74) is 0.339. The molecular weight excluding hydrogens is 182 g/mol. The van der Waals surface area contributed by atoms with Crippen molar-refractivity contribution < 1.29 is 14.3 Å². The molecule has 1 heterocycles. The van der Waals surface area contributed by atoms with Crippen LogP contribution in [-0.4, -0.2) is 25.0 Å². The van der Waals surface area contributed by atoms with Crippen LogP contribution in [0.5, 0.6) is 11.5 Å². The van der Waals surface area contributed by atoms with Gasteiger partial charge in [-0.1, -0.05) is 6.92 Å². The number of pyridine rings is 1. The lowest BCUT2D eigenvalue weighted by molar-refractivity contribution is 0.111. The van der Waals surface area contributed by atoms with Gasteiger partial charge in [-0.2, -0.15) is 0 Å². The van der Waals surface area contributed by atoms with Crippen LogP contribution in [0.1, 0.15) is 23.8 Å². The Kier molecular flexibility index (Phi) is 3.91. The number of aromatic nitrogens is 1. The van der Waals surface area contributed by atoms with Gasteiger partial charge in [-0.25, -0.2) is 4.98 Å². The molecule has 4 nitrogen and oxygen atoms in total. The fourth-order valence-corrected chi connectivity index (χ4v) is 0.984. The fourth-order valence-electron chi connectivity index (χ4n) is 0.984. The van der Waals surface area contributed by atoms with Crippen molar-refractivity contribution in [1.82, 2.24) is 4.98 Å². The number of carbonyl (C=O) groups excluding carboxylic acids is 1. The molecule has 0 aromatic carbocycles. The van der Waals surface area contributed by atoms with Gasteiger partial charge in [0, 0.05) is 6.07 Å². The molecule has 0 saturated heterocycles. The Morgan fingerprint density at radius 2 is 2.29 bits per heavy atom. The first-order chi connectivity index (χ1) is 6.81. The number of aldehydes is 1. The van der Waals surface area contributed by atoms with Crippen molar-refractivity contribution >= 4 is 6.29 Å². The zero-order valence-electron chi connectivity index (χ0n) is 8.32. The molecule has 0 aliphatic rings. The maximum atomic E-state index is 10.4. The first kappa shape index (κ1) is 10.5. The normalized spacial score (nSPS) is 9.57. The van der Waals surface area contributed by atoms with Crippen LogP contribution in [0.4, 0.5) is 0 Å². The highest BCUT2D eigenvalue weighted by atomic mass is 16.5. The third-order valence-corrected chi connectivity index (χ3v) is 1.66. The third-order valence-electron chi connectivity index (χ3n) is 1.66. The van der Waals surface area contributed by atoms with Gasteiger partial charge in [-0.3, -0.25) is 4.79 Å². The summed E-state index contributed by atoms with van der Waals surface area (Å²) in [5, 5.41) is 0. The minimum atomic E-state index is 0.339. The van der Waals surface area contributed by atoms with Crippen LogP contribution in [-0.2, 0) is 0 Å². The van der Waals surface area contributed by atoms with E-state index >= 15 is 0 Å². The van der Waals surface area contributed by atoms with Gasteiger partial charge in [-0.15, -0.1) is 0 Å². The van der Waals surface area contributed by atoms with Crippen molar-refractivity contribution in [2.45, 2.75) is 13.3 Å². The summed E-state index contributed by atoms with van der Waals surface area (Å²) < 4.78 is 10.4. The lowest BCUT2D eigenvalue weighted by atomic mass is 10.3. The monoisotopic (exact) mass is 195 g/mol. The van der Waals surface area contributed by atoms with E-state index < -0.39 is 0 Å². The highest BCUT2D eigenvalue weighted by Crippen LogP contribution is 2.25. The van der Waals surface area contributed by atoms with Crippen LogP contribution in [0, 0.1) is 0 Å². The summed E-state index contributed by atoms with van der Waals surface area (Å²) in [5.74, 6) is 1.11. The topological polar surface area (TPSA) is 48.4 Å². The predicted molar refractivity (Wildman–Crippen MR) is 52.0 cm³/mol. The van der Waals surface area contributed by atoms with Crippen molar-refractivity contribution in [2.75, 3.05) is 13.7 Å². The molecule has 14 heavy (non-hydrogen) atoms. The molecule has 1 aromatic heterocycles. The van der Waals surface area contributed by atoms with E-state index in [9.17, 15) is 4.79 Å². The molecule has 0 spiro atoms. The molecule has 0 aliphatic heterocycles. The molecule has 0 N–H and O–H groups in total. The Balaban J connectivity index is 2.87. The Morgan fingerprint density at radius 1 is 1.50 bits per heavy atom. The predicted octanol–water partition coefficient (Wildman–Crippen LogP) is 1.69. The molecule has 0 fully saturated rings. The van der Waals surface area contributed by atoms with E-state index in [1.165, 1.54) is 13.3 Å². The summed E-state index contributed by atoms with van der Waals surface area (Å²) in [4.78, 5) is 14.3. The Hall–Kier alpha value is -1.58. The van der Waals surface area contributed by atoms with Gasteiger partial charge >= 0.3 is 0 Å². The molecular formula is C10H13NO3. The van der Waals surface area contributed by atoms with E-state index in [0.717, 1.165) is 6.42 Å². The number of methoxy groups -OCH3 is 1. The van der Waals surface area contributed by atoms with Gasteiger partial charge in [-0.05, 0) is 6.42 Å². The molecule has 1 aromatic rings. The van der Waals surface area contributed by atoms with Crippen LogP contribution in [0.25, 0.3) is 0 Å². The molecule has 0 amide bonds. The Bertz CT molecular complexity index is 312. The lowest BCUT2D eigenvalue weighted by Gasteiger charge is -2.08. The van der Waals surface area contributed by atoms with Crippen molar-refractivity contribution in [3.8, 4) is 11.5 Å². The summed E-state index contributed by atoms with van der Waals surface area (Å²) in [7, 11) is 1.53. The van der Waals surface area contributed by atoms with Crippen molar-refractivity contribution in [2.24, 2.45) is 0 Å². The quantitative estimate of drug-likeness (QED) is 0.671. The maximum Gasteiger partial charge on any atom is 0.179 e. The second-order valence-electron chi connectivity index (χ2n) is 2.73. The number of carbonyl (C=O) groups is 1. The molecule has 1 rings (SSSR count). The summed E-state index contributed by atoms with van der Waals surface area (Å²) in [6.45, 7) is 2.62. The van der Waals surface area contributed by atoms with E-state index in [4.69, 9.17) is 9.47 Å². The van der Waals surface area contributed by atoms with E-state index in [1.54, 1.807) is 6.07 Å². The summed E-state index contributed by atoms with van der Waals surface area (Å²) in [6.07, 6.45) is 3.09. The number of hydrogen-bond acceptors (Lipinski definition) is 4. The van der Waals surface area contributed by atoms with Crippen LogP contribution < -0.4 is 9.47 Å². The van der Waals surface area contributed by atoms with Crippen molar-refractivity contribution in [3.63, 3.8) is 0 Å². The zero-order chi connectivity index (χ0) is 10.4. The van der Waals surface area contributed by atoms with Crippen molar-refractivity contribution in [1.29, 1.82) is 0 Å². The third kappa shape index (κ3) is 2.45. The minimum Gasteiger partial charge on any atom is -0.493 e. The SMILES string of the molecule is CCCOc1cnc(C=O)cc1OC. The summed E-state index contributed by atoms with van der Waals surface area (Å²) >= 11 is 0. The fraction of sp³-hybridized carbons (Fsp3) is 0.400. The first-order valence-corrected chi connectivity index (χ1v) is 4.43. The van der Waals surface area contributed by atoms with Gasteiger partial charge < -0.3 is 9.47 Å². The van der Waals surface area contributed by atoms with E-state index in [1.807, 2.05) is 6.92 Å². The van der Waals surface area contributed by atoms with E-state index in [0.29, 0.717) is 30.1 Å². The van der Waals surface area contributed by atoms with E-state index in [-0.39, 0.29) is 0 Å². The highest BCUT2D eigenvalue weighted by Gasteiger charge is 2.05. The Labute approximate surface area is 82.9 Å². The average molecular weight is 195 g/mol. The van der Waals surface area contributed by atoms with Gasteiger partial charge in [0.1, 0.15) is 5.69 Å². The number of hydrogen-bond donors (Lipinski definition) is 0. The number of nitrogens with zero attached hydrogens (tertiary/aromatic N) is 1. The number of ether oxygens (including phenoxy) is 2. The molecule has 0 bridgehead atoms. The molecule has 76 valence electrons. The molecule has 0 unspecified atom stereocenters. The molecule has 4 heteroatoms. The van der Waals surface area contributed by atoms with Gasteiger partial charge in [0.05, 0.1) is 19.9 Å². The first-order valence-electron chi connectivity index (χ1n) is 4.43. The standard InChI is InChI=1S/C10H13NO3/c1-3-4-14-10-6-11-8(7-12)5-9(10)13-2/h5-7H,3-4H2,1-2H3. The van der Waals surface area contributed by atoms with Crippen LogP contribution in [0.2, 0.25) is 0 Å². The summed E-state index contributed by atoms with van der Waals surface area (Å²) in [6, 6.07) is 1.55. The number of rotatable bonds is 5.